The number of benzene rings is 2. The normalized spacial score (nSPS) is 15.4. The third kappa shape index (κ3) is 22.4. The van der Waals surface area contributed by atoms with Crippen LogP contribution in [-0.4, -0.2) is 206 Å². The number of unbranched alkanes of at least 4 members (excludes halogenated alkanes) is 1. The summed E-state index contributed by atoms with van der Waals surface area (Å²) in [5, 5.41) is 63.5. The van der Waals surface area contributed by atoms with Crippen molar-refractivity contribution >= 4 is 76.3 Å². The zero-order valence-corrected chi connectivity index (χ0v) is 39.0. The molecule has 0 spiro atoms. The van der Waals surface area contributed by atoms with Crippen molar-refractivity contribution in [2.45, 2.75) is 57.3 Å². The van der Waals surface area contributed by atoms with Crippen LogP contribution in [0.4, 0.5) is 4.79 Å². The van der Waals surface area contributed by atoms with Crippen LogP contribution in [0.15, 0.2) is 48.5 Å². The molecule has 4 amide bonds. The highest BCUT2D eigenvalue weighted by Gasteiger charge is 2.26. The lowest BCUT2D eigenvalue weighted by Crippen LogP contribution is -2.51. The Kier molecular flexibility index (Phi) is 23.9. The second-order valence-corrected chi connectivity index (χ2v) is 17.2. The molecule has 1 heterocycles. The molecule has 67 heavy (non-hydrogen) atoms. The van der Waals surface area contributed by atoms with Crippen molar-refractivity contribution in [3.05, 3.63) is 68.8 Å². The molecule has 0 unspecified atom stereocenters. The first-order valence-electron chi connectivity index (χ1n) is 21.5. The van der Waals surface area contributed by atoms with Gasteiger partial charge in [0.05, 0.1) is 26.2 Å². The quantitative estimate of drug-likeness (QED) is 0.0476. The molecule has 1 aliphatic rings. The zero-order valence-electron chi connectivity index (χ0n) is 36.9. The highest BCUT2D eigenvalue weighted by molar-refractivity contribution is 14.1. The van der Waals surface area contributed by atoms with Gasteiger partial charge in [0, 0.05) is 87.5 Å². The molecular formula is C43H59IN8O15. The molecular weight excluding hydrogens is 995 g/mol. The van der Waals surface area contributed by atoms with Crippen LogP contribution in [0.25, 0.3) is 0 Å². The Hall–Kier alpha value is -5.96. The minimum atomic E-state index is -1.55. The number of nitrogens with one attached hydrogen (secondary N) is 3. The van der Waals surface area contributed by atoms with E-state index in [-0.39, 0.29) is 123 Å². The van der Waals surface area contributed by atoms with Crippen LogP contribution in [0.3, 0.4) is 0 Å². The topological polar surface area (TPSA) is 327 Å². The molecule has 0 radical (unpaired) electrons. The molecule has 9 N–H and O–H groups in total. The molecule has 23 nitrogen and oxygen atoms in total. The SMILES string of the molecule is O=C(O)CC[C@@H](NC(=O)N[C@H](CCCCN(Cc1ccc(I)cc1)C(=O)c1ccc(CNC(=O)CN2CCN(CC(=O)O)CCN(CC(=O)O)CCN(CC(=O)O)CC2)cc1)C(=O)O)C(=O)O. The molecule has 0 saturated carbocycles. The van der Waals surface area contributed by atoms with E-state index in [1.54, 1.807) is 48.8 Å². The largest absolute Gasteiger partial charge is 0.481 e. The third-order valence-electron chi connectivity index (χ3n) is 10.7. The Morgan fingerprint density at radius 1 is 0.552 bits per heavy atom. The number of hydrogen-bond donors (Lipinski definition) is 9. The van der Waals surface area contributed by atoms with Crippen molar-refractivity contribution in [3.8, 4) is 0 Å². The summed E-state index contributed by atoms with van der Waals surface area (Å²) in [5.41, 5.74) is 1.87. The van der Waals surface area contributed by atoms with E-state index in [1.165, 1.54) is 0 Å². The highest BCUT2D eigenvalue weighted by atomic mass is 127. The van der Waals surface area contributed by atoms with Crippen LogP contribution in [0.2, 0.25) is 0 Å². The maximum Gasteiger partial charge on any atom is 0.326 e. The number of carboxylic acid groups (broad SMARTS) is 6. The summed E-state index contributed by atoms with van der Waals surface area (Å²) in [5.74, 6) is -7.95. The van der Waals surface area contributed by atoms with Gasteiger partial charge < -0.3 is 51.5 Å². The highest BCUT2D eigenvalue weighted by Crippen LogP contribution is 2.16. The van der Waals surface area contributed by atoms with E-state index in [4.69, 9.17) is 5.11 Å². The van der Waals surface area contributed by atoms with E-state index in [1.807, 2.05) is 24.3 Å². The number of nitrogens with zero attached hydrogens (tertiary/aromatic N) is 5. The summed E-state index contributed by atoms with van der Waals surface area (Å²) in [7, 11) is 0. The molecule has 1 fully saturated rings. The molecule has 24 heteroatoms. The maximum absolute atomic E-state index is 13.9. The lowest BCUT2D eigenvalue weighted by molar-refractivity contribution is -0.141. The molecule has 0 bridgehead atoms. The smallest absolute Gasteiger partial charge is 0.326 e. The van der Waals surface area contributed by atoms with E-state index < -0.39 is 66.8 Å². The van der Waals surface area contributed by atoms with Gasteiger partial charge in [0.25, 0.3) is 5.91 Å². The van der Waals surface area contributed by atoms with Crippen LogP contribution in [0, 0.1) is 3.57 Å². The molecule has 1 saturated heterocycles. The molecule has 368 valence electrons. The first-order valence-corrected chi connectivity index (χ1v) is 22.5. The van der Waals surface area contributed by atoms with E-state index in [0.29, 0.717) is 17.5 Å². The van der Waals surface area contributed by atoms with E-state index in [9.17, 15) is 68.7 Å². The molecule has 0 aliphatic carbocycles. The second kappa shape index (κ2) is 28.9. The van der Waals surface area contributed by atoms with Gasteiger partial charge in [-0.2, -0.15) is 0 Å². The van der Waals surface area contributed by atoms with E-state index in [2.05, 4.69) is 38.5 Å². The molecule has 3 rings (SSSR count). The average Bonchev–Trinajstić information content (AvgIpc) is 3.25. The number of rotatable bonds is 25. The van der Waals surface area contributed by atoms with Crippen molar-refractivity contribution in [1.29, 1.82) is 0 Å². The maximum atomic E-state index is 13.9. The van der Waals surface area contributed by atoms with Crippen LogP contribution < -0.4 is 16.0 Å². The molecule has 0 aromatic heterocycles. The minimum Gasteiger partial charge on any atom is -0.481 e. The van der Waals surface area contributed by atoms with Crippen LogP contribution in [0.1, 0.15) is 53.6 Å². The van der Waals surface area contributed by atoms with Crippen LogP contribution in [-0.2, 0) is 46.7 Å². The standard InChI is InChI=1S/C43H59IN8O15/c44-32-10-6-30(7-11-32)24-52(14-2-1-3-33(41(63)64)46-43(67)47-34(42(65)66)12-13-36(54)55)40(62)31-8-4-29(5-9-31)23-45-35(53)25-48-15-17-49(26-37(56)57)19-21-51(28-39(60)61)22-20-50(18-16-48)27-38(58)59/h4-11,33-34H,1-3,12-28H2,(H,45,53)(H,54,55)(H,56,57)(H,58,59)(H,60,61)(H,63,64)(H,65,66)(H2,46,47,67)/t33-,34-/m1/s1. The Morgan fingerprint density at radius 2 is 0.985 bits per heavy atom. The first kappa shape index (κ1) is 55.4. The van der Waals surface area contributed by atoms with Crippen molar-refractivity contribution in [1.82, 2.24) is 40.4 Å². The lowest BCUT2D eigenvalue weighted by Gasteiger charge is -2.32. The third-order valence-corrected chi connectivity index (χ3v) is 11.4. The van der Waals surface area contributed by atoms with Gasteiger partial charge >= 0.3 is 41.8 Å². The minimum absolute atomic E-state index is 0.0548. The van der Waals surface area contributed by atoms with Crippen molar-refractivity contribution < 1.29 is 73.8 Å². The molecule has 1 aliphatic heterocycles. The summed E-state index contributed by atoms with van der Waals surface area (Å²) in [6.45, 7) is 1.63. The summed E-state index contributed by atoms with van der Waals surface area (Å²) in [6, 6.07) is 10.2. The van der Waals surface area contributed by atoms with Gasteiger partial charge in [-0.15, -0.1) is 0 Å². The van der Waals surface area contributed by atoms with Gasteiger partial charge in [-0.1, -0.05) is 24.3 Å². The predicted octanol–water partition coefficient (Wildman–Crippen LogP) is 0.266. The van der Waals surface area contributed by atoms with Gasteiger partial charge in [0.2, 0.25) is 5.91 Å². The summed E-state index contributed by atoms with van der Waals surface area (Å²) < 4.78 is 0.991. The first-order chi connectivity index (χ1) is 31.8. The van der Waals surface area contributed by atoms with Crippen molar-refractivity contribution in [3.63, 3.8) is 0 Å². The number of urea groups is 1. The average molecular weight is 1050 g/mol. The fourth-order valence-corrected chi connectivity index (χ4v) is 7.41. The molecule has 2 aromatic rings. The second-order valence-electron chi connectivity index (χ2n) is 15.9. The summed E-state index contributed by atoms with van der Waals surface area (Å²) in [4.78, 5) is 117. The fourth-order valence-electron chi connectivity index (χ4n) is 7.05. The number of halogens is 1. The number of aliphatic carboxylic acids is 6. The zero-order chi connectivity index (χ0) is 49.5. The fraction of sp³-hybridized carbons (Fsp3) is 0.512. The number of hydrogen-bond acceptors (Lipinski definition) is 13. The number of carboxylic acids is 6. The van der Waals surface area contributed by atoms with Crippen LogP contribution in [0.5, 0.6) is 0 Å². The Morgan fingerprint density at radius 3 is 1.42 bits per heavy atom. The summed E-state index contributed by atoms with van der Waals surface area (Å²) >= 11 is 2.16. The lowest BCUT2D eigenvalue weighted by atomic mass is 10.1. The van der Waals surface area contributed by atoms with Gasteiger partial charge in [0.15, 0.2) is 0 Å². The van der Waals surface area contributed by atoms with Crippen molar-refractivity contribution in [2.24, 2.45) is 0 Å². The predicted molar refractivity (Wildman–Crippen MR) is 246 cm³/mol. The summed E-state index contributed by atoms with van der Waals surface area (Å²) in [6.07, 6.45) is -0.401. The van der Waals surface area contributed by atoms with Gasteiger partial charge in [0.1, 0.15) is 12.1 Å². The van der Waals surface area contributed by atoms with E-state index in [0.717, 1.165) is 9.13 Å². The van der Waals surface area contributed by atoms with Crippen LogP contribution >= 0.6 is 22.6 Å². The Bertz CT molecular complexity index is 1980. The Labute approximate surface area is 400 Å². The Balaban J connectivity index is 1.64. The van der Waals surface area contributed by atoms with Gasteiger partial charge in [-0.3, -0.25) is 48.4 Å². The van der Waals surface area contributed by atoms with Crippen molar-refractivity contribution in [2.75, 3.05) is 85.1 Å². The molecule has 2 aromatic carbocycles. The number of carbonyl (C=O) groups is 9. The van der Waals surface area contributed by atoms with E-state index >= 15 is 0 Å². The number of carbonyl (C=O) groups excluding carboxylic acids is 3. The number of amides is 4. The molecule has 2 atom stereocenters. The van der Waals surface area contributed by atoms with Gasteiger partial charge in [-0.25, -0.2) is 14.4 Å². The monoisotopic (exact) mass is 1050 g/mol. The van der Waals surface area contributed by atoms with Gasteiger partial charge in [-0.05, 0) is 83.7 Å².